The van der Waals surface area contributed by atoms with Crippen LogP contribution in [0.5, 0.6) is 5.75 Å². The fourth-order valence-corrected chi connectivity index (χ4v) is 2.30. The Morgan fingerprint density at radius 3 is 2.58 bits per heavy atom. The Morgan fingerprint density at radius 2 is 1.96 bits per heavy atom. The lowest BCUT2D eigenvalue weighted by molar-refractivity contribution is -0.124. The van der Waals surface area contributed by atoms with Crippen LogP contribution >= 0.6 is 11.8 Å². The van der Waals surface area contributed by atoms with Crippen molar-refractivity contribution in [3.63, 3.8) is 0 Å². The van der Waals surface area contributed by atoms with Gasteiger partial charge in [0.2, 0.25) is 11.1 Å². The number of methoxy groups -OCH3 is 1. The highest BCUT2D eigenvalue weighted by Gasteiger charge is 2.28. The molecule has 12 heteroatoms. The molecule has 140 valence electrons. The second-order valence-electron chi connectivity index (χ2n) is 4.83. The van der Waals surface area contributed by atoms with E-state index in [1.54, 1.807) is 36.7 Å². The van der Waals surface area contributed by atoms with E-state index in [2.05, 4.69) is 15.2 Å². The Bertz CT molecular complexity index is 764. The first kappa shape index (κ1) is 19.6. The van der Waals surface area contributed by atoms with Gasteiger partial charge in [0.15, 0.2) is 5.82 Å². The highest BCUT2D eigenvalue weighted by Crippen LogP contribution is 2.21. The van der Waals surface area contributed by atoms with Crippen molar-refractivity contribution >= 4 is 23.7 Å². The van der Waals surface area contributed by atoms with Crippen molar-refractivity contribution in [2.75, 3.05) is 19.4 Å². The molecule has 3 amide bonds. The molecule has 0 unspecified atom stereocenters. The van der Waals surface area contributed by atoms with E-state index in [0.717, 1.165) is 17.3 Å². The maximum absolute atomic E-state index is 11.9. The van der Waals surface area contributed by atoms with E-state index < -0.39 is 24.7 Å². The van der Waals surface area contributed by atoms with Crippen molar-refractivity contribution in [2.24, 2.45) is 0 Å². The molecule has 0 radical (unpaired) electrons. The Balaban J connectivity index is 1.81. The predicted molar refractivity (Wildman–Crippen MR) is 86.7 cm³/mol. The Hall–Kier alpha value is -2.76. The smallest absolute Gasteiger partial charge is 0.405 e. The Kier molecular flexibility index (Phi) is 6.44. The van der Waals surface area contributed by atoms with Gasteiger partial charge in [-0.3, -0.25) is 15.2 Å². The average Bonchev–Trinajstić information content (AvgIpc) is 3.07. The van der Waals surface area contributed by atoms with Crippen molar-refractivity contribution in [3.05, 3.63) is 24.3 Å². The first-order valence-electron chi connectivity index (χ1n) is 7.11. The molecule has 0 saturated carbocycles. The molecule has 2 aromatic rings. The topological polar surface area (TPSA) is 109 Å². The number of thioether (sulfide) groups is 1. The SMILES string of the molecule is COc1ccc(-c2nc(SCC(=O)NC(=O)NCC(F)(F)F)n[nH]2)cc1. The molecule has 26 heavy (non-hydrogen) atoms. The minimum Gasteiger partial charge on any atom is -0.497 e. The van der Waals surface area contributed by atoms with Gasteiger partial charge in [0.1, 0.15) is 12.3 Å². The molecule has 0 aliphatic carbocycles. The number of aromatic nitrogens is 3. The zero-order valence-electron chi connectivity index (χ0n) is 13.4. The third kappa shape index (κ3) is 6.27. The maximum atomic E-state index is 11.9. The maximum Gasteiger partial charge on any atom is 0.405 e. The number of amides is 3. The number of nitrogens with one attached hydrogen (secondary N) is 3. The molecule has 1 heterocycles. The average molecular weight is 389 g/mol. The van der Waals surface area contributed by atoms with Crippen molar-refractivity contribution < 1.29 is 27.5 Å². The number of carbonyl (C=O) groups is 2. The van der Waals surface area contributed by atoms with E-state index in [4.69, 9.17) is 4.74 Å². The monoisotopic (exact) mass is 389 g/mol. The number of nitrogens with zero attached hydrogens (tertiary/aromatic N) is 2. The number of carbonyl (C=O) groups excluding carboxylic acids is 2. The second kappa shape index (κ2) is 8.56. The quantitative estimate of drug-likeness (QED) is 0.652. The third-order valence-electron chi connectivity index (χ3n) is 2.86. The molecule has 0 saturated heterocycles. The largest absolute Gasteiger partial charge is 0.497 e. The number of halogens is 3. The predicted octanol–water partition coefficient (Wildman–Crippen LogP) is 1.96. The summed E-state index contributed by atoms with van der Waals surface area (Å²) in [5.41, 5.74) is 0.751. The fraction of sp³-hybridized carbons (Fsp3) is 0.286. The molecule has 0 bridgehead atoms. The summed E-state index contributed by atoms with van der Waals surface area (Å²) < 4.78 is 40.9. The van der Waals surface area contributed by atoms with Crippen LogP contribution in [-0.2, 0) is 4.79 Å². The van der Waals surface area contributed by atoms with E-state index in [1.807, 2.05) is 0 Å². The molecule has 0 atom stereocenters. The van der Waals surface area contributed by atoms with Gasteiger partial charge in [0.25, 0.3) is 0 Å². The number of alkyl halides is 3. The van der Waals surface area contributed by atoms with Crippen LogP contribution in [0, 0.1) is 0 Å². The molecular weight excluding hydrogens is 375 g/mol. The number of benzene rings is 1. The molecule has 0 aliphatic heterocycles. The first-order valence-corrected chi connectivity index (χ1v) is 8.09. The standard InChI is InChI=1S/C14H14F3N5O3S/c1-25-9-4-2-8(3-5-9)11-20-13(22-21-11)26-6-10(23)19-12(24)18-7-14(15,16)17/h2-5H,6-7H2,1H3,(H,20,21,22)(H2,18,19,23,24). The van der Waals surface area contributed by atoms with Crippen LogP contribution in [0.2, 0.25) is 0 Å². The van der Waals surface area contributed by atoms with Crippen molar-refractivity contribution in [2.45, 2.75) is 11.3 Å². The molecule has 1 aromatic carbocycles. The minimum atomic E-state index is -4.55. The Morgan fingerprint density at radius 1 is 1.27 bits per heavy atom. The summed E-state index contributed by atoms with van der Waals surface area (Å²) in [7, 11) is 1.55. The minimum absolute atomic E-state index is 0.237. The summed E-state index contributed by atoms with van der Waals surface area (Å²) in [5.74, 6) is 0.145. The highest BCUT2D eigenvalue weighted by atomic mass is 32.2. The van der Waals surface area contributed by atoms with Gasteiger partial charge in [-0.25, -0.2) is 9.78 Å². The Labute approximate surface area is 149 Å². The number of aromatic amines is 1. The van der Waals surface area contributed by atoms with Gasteiger partial charge in [-0.2, -0.15) is 13.2 Å². The second-order valence-corrected chi connectivity index (χ2v) is 5.77. The first-order chi connectivity index (χ1) is 12.3. The van der Waals surface area contributed by atoms with Crippen LogP contribution in [0.15, 0.2) is 29.4 Å². The number of urea groups is 1. The van der Waals surface area contributed by atoms with Gasteiger partial charge in [0.05, 0.1) is 12.9 Å². The summed E-state index contributed by atoms with van der Waals surface area (Å²) in [5, 5.41) is 10.2. The fourth-order valence-electron chi connectivity index (χ4n) is 1.71. The van der Waals surface area contributed by atoms with Crippen LogP contribution < -0.4 is 15.4 Å². The van der Waals surface area contributed by atoms with Crippen LogP contribution in [-0.4, -0.2) is 52.7 Å². The molecule has 0 spiro atoms. The van der Waals surface area contributed by atoms with E-state index in [-0.39, 0.29) is 10.9 Å². The van der Waals surface area contributed by atoms with Crippen LogP contribution in [0.25, 0.3) is 11.4 Å². The van der Waals surface area contributed by atoms with Gasteiger partial charge in [-0.1, -0.05) is 11.8 Å². The lowest BCUT2D eigenvalue weighted by atomic mass is 10.2. The zero-order chi connectivity index (χ0) is 19.2. The normalized spacial score (nSPS) is 11.1. The number of hydrogen-bond acceptors (Lipinski definition) is 6. The highest BCUT2D eigenvalue weighted by molar-refractivity contribution is 7.99. The van der Waals surface area contributed by atoms with Crippen LogP contribution in [0.4, 0.5) is 18.0 Å². The summed E-state index contributed by atoms with van der Waals surface area (Å²) in [6.07, 6.45) is -4.55. The van der Waals surface area contributed by atoms with E-state index in [9.17, 15) is 22.8 Å². The molecule has 1 aromatic heterocycles. The molecule has 3 N–H and O–H groups in total. The lowest BCUT2D eigenvalue weighted by Gasteiger charge is -2.08. The zero-order valence-corrected chi connectivity index (χ0v) is 14.2. The van der Waals surface area contributed by atoms with Gasteiger partial charge < -0.3 is 10.1 Å². The number of rotatable bonds is 6. The number of ether oxygens (including phenoxy) is 1. The summed E-state index contributed by atoms with van der Waals surface area (Å²) >= 11 is 0.925. The molecule has 0 fully saturated rings. The van der Waals surface area contributed by atoms with Gasteiger partial charge in [-0.05, 0) is 24.3 Å². The van der Waals surface area contributed by atoms with Crippen LogP contribution in [0.3, 0.4) is 0 Å². The lowest BCUT2D eigenvalue weighted by Crippen LogP contribution is -2.43. The van der Waals surface area contributed by atoms with E-state index >= 15 is 0 Å². The summed E-state index contributed by atoms with van der Waals surface area (Å²) in [4.78, 5) is 26.9. The molecule has 0 aliphatic rings. The van der Waals surface area contributed by atoms with Gasteiger partial charge >= 0.3 is 12.2 Å². The van der Waals surface area contributed by atoms with Crippen molar-refractivity contribution in [1.82, 2.24) is 25.8 Å². The van der Waals surface area contributed by atoms with Gasteiger partial charge in [-0.15, -0.1) is 5.10 Å². The number of H-pyrrole nitrogens is 1. The summed E-state index contributed by atoms with van der Waals surface area (Å²) in [6.45, 7) is -1.52. The molecule has 8 nitrogen and oxygen atoms in total. The van der Waals surface area contributed by atoms with E-state index in [0.29, 0.717) is 11.6 Å². The molecular formula is C14H14F3N5O3S. The summed E-state index contributed by atoms with van der Waals surface area (Å²) in [6, 6.07) is 5.81. The van der Waals surface area contributed by atoms with Crippen molar-refractivity contribution in [3.8, 4) is 17.1 Å². The van der Waals surface area contributed by atoms with Crippen molar-refractivity contribution in [1.29, 1.82) is 0 Å². The van der Waals surface area contributed by atoms with Gasteiger partial charge in [0, 0.05) is 5.56 Å². The van der Waals surface area contributed by atoms with E-state index in [1.165, 1.54) is 5.32 Å². The van der Waals surface area contributed by atoms with Crippen LogP contribution in [0.1, 0.15) is 0 Å². The number of imide groups is 1. The molecule has 2 rings (SSSR count). The number of hydrogen-bond donors (Lipinski definition) is 3. The third-order valence-corrected chi connectivity index (χ3v) is 3.71.